The normalized spacial score (nSPS) is 30.3. The molecule has 0 spiro atoms. The molecule has 0 aromatic heterocycles. The van der Waals surface area contributed by atoms with E-state index in [1.165, 1.54) is 24.3 Å². The molecule has 0 saturated carbocycles. The van der Waals surface area contributed by atoms with Crippen molar-refractivity contribution in [1.29, 1.82) is 0 Å². The summed E-state index contributed by atoms with van der Waals surface area (Å²) >= 11 is 0. The number of nitrogens with one attached hydrogen (secondary N) is 1. The van der Waals surface area contributed by atoms with Crippen molar-refractivity contribution < 1.29 is 69.5 Å². The van der Waals surface area contributed by atoms with E-state index in [4.69, 9.17) is 14.7 Å². The molecule has 9 nitrogen and oxygen atoms in total. The number of benzene rings is 1. The number of carbonyl (C=O) groups is 1. The van der Waals surface area contributed by atoms with Crippen molar-refractivity contribution >= 4 is 11.7 Å². The molecule has 1 heterocycles. The molecule has 1 saturated heterocycles. The summed E-state index contributed by atoms with van der Waals surface area (Å²) in [4.78, 5) is 15.8. The molecule has 5 atom stereocenters. The van der Waals surface area contributed by atoms with Crippen molar-refractivity contribution in [3.63, 3.8) is 0 Å². The summed E-state index contributed by atoms with van der Waals surface area (Å²) < 4.78 is 5.11. The Labute approximate surface area is 153 Å². The molecule has 1 aromatic rings. The molecule has 23 heavy (non-hydrogen) atoms. The number of hydrogen-bond acceptors (Lipinski definition) is 9. The number of anilines is 1. The molecule has 1 unspecified atom stereocenters. The first-order valence-electron chi connectivity index (χ1n) is 6.47. The van der Waals surface area contributed by atoms with Crippen LogP contribution in [-0.2, 0) is 9.57 Å². The molecule has 0 radical (unpaired) electrons. The third kappa shape index (κ3) is 4.86. The topological polar surface area (TPSA) is 152 Å². The minimum atomic E-state index is -1.56. The Bertz CT molecular complexity index is 528. The second-order valence-electron chi connectivity index (χ2n) is 4.79. The van der Waals surface area contributed by atoms with Gasteiger partial charge in [-0.05, 0) is 17.7 Å². The summed E-state index contributed by atoms with van der Waals surface area (Å²) in [6.45, 7) is -0.578. The molecule has 0 aliphatic carbocycles. The number of aliphatic hydroxyl groups is 4. The third-order valence-electron chi connectivity index (χ3n) is 3.24. The molecule has 2 rings (SSSR count). The van der Waals surface area contributed by atoms with Crippen molar-refractivity contribution in [2.45, 2.75) is 30.7 Å². The van der Waals surface area contributed by atoms with Crippen LogP contribution >= 0.6 is 0 Å². The number of aromatic carboxylic acids is 1. The van der Waals surface area contributed by atoms with E-state index < -0.39 is 43.3 Å². The predicted octanol–water partition coefficient (Wildman–Crippen LogP) is -5.80. The number of carboxylic acid groups (broad SMARTS) is 1. The van der Waals surface area contributed by atoms with E-state index in [0.29, 0.717) is 0 Å². The van der Waals surface area contributed by atoms with Crippen molar-refractivity contribution in [2.24, 2.45) is 0 Å². The molecule has 1 aliphatic rings. The van der Waals surface area contributed by atoms with Crippen LogP contribution in [0.1, 0.15) is 10.4 Å². The number of ether oxygens (including phenoxy) is 1. The largest absolute Gasteiger partial charge is 1.00 e. The maximum Gasteiger partial charge on any atom is 1.00 e. The number of hydrogen-bond donors (Lipinski definition) is 5. The quantitative estimate of drug-likeness (QED) is 0.261. The number of carbonyl (C=O) groups excluding carboxylic acids is 1. The average molecular weight is 337 g/mol. The van der Waals surface area contributed by atoms with Gasteiger partial charge in [-0.2, -0.15) is 0 Å². The zero-order chi connectivity index (χ0) is 16.3. The van der Waals surface area contributed by atoms with Crippen LogP contribution in [0.2, 0.25) is 0 Å². The first-order valence-corrected chi connectivity index (χ1v) is 6.47. The molecule has 1 fully saturated rings. The van der Waals surface area contributed by atoms with Gasteiger partial charge in [-0.25, -0.2) is 4.84 Å². The second kappa shape index (κ2) is 8.92. The van der Waals surface area contributed by atoms with Crippen molar-refractivity contribution in [3.8, 4) is 0 Å². The second-order valence-corrected chi connectivity index (χ2v) is 4.79. The fraction of sp³-hybridized carbons (Fsp3) is 0.462. The van der Waals surface area contributed by atoms with Gasteiger partial charge in [0.05, 0.1) is 18.3 Å². The van der Waals surface area contributed by atoms with Crippen molar-refractivity contribution in [2.75, 3.05) is 12.1 Å². The van der Waals surface area contributed by atoms with Gasteiger partial charge in [-0.3, -0.25) is 5.48 Å². The molecule has 1 aliphatic heterocycles. The van der Waals surface area contributed by atoms with Gasteiger partial charge >= 0.3 is 29.6 Å². The summed E-state index contributed by atoms with van der Waals surface area (Å²) in [5.41, 5.74) is 2.54. The van der Waals surface area contributed by atoms with Crippen LogP contribution in [0.25, 0.3) is 0 Å². The van der Waals surface area contributed by atoms with Gasteiger partial charge in [-0.15, -0.1) is 0 Å². The molecule has 0 amide bonds. The maximum atomic E-state index is 10.7. The van der Waals surface area contributed by atoms with E-state index in [1.54, 1.807) is 0 Å². The van der Waals surface area contributed by atoms with Gasteiger partial charge in [0, 0.05) is 0 Å². The monoisotopic (exact) mass is 337 g/mol. The van der Waals surface area contributed by atoms with E-state index >= 15 is 0 Å². The Balaban J connectivity index is 0.00000264. The Morgan fingerprint density at radius 2 is 1.96 bits per heavy atom. The molecule has 1 aromatic carbocycles. The fourth-order valence-corrected chi connectivity index (χ4v) is 2.00. The minimum Gasteiger partial charge on any atom is -0.545 e. The summed E-state index contributed by atoms with van der Waals surface area (Å²) in [5.74, 6) is -1.36. The maximum absolute atomic E-state index is 10.7. The van der Waals surface area contributed by atoms with E-state index in [9.17, 15) is 25.2 Å². The van der Waals surface area contributed by atoms with Crippen LogP contribution in [0.4, 0.5) is 5.69 Å². The third-order valence-corrected chi connectivity index (χ3v) is 3.24. The Morgan fingerprint density at radius 1 is 1.26 bits per heavy atom. The van der Waals surface area contributed by atoms with E-state index in [1.807, 2.05) is 0 Å². The molecular weight excluding hydrogens is 321 g/mol. The summed E-state index contributed by atoms with van der Waals surface area (Å²) in [6, 6.07) is 5.51. The Kier molecular flexibility index (Phi) is 7.87. The average Bonchev–Trinajstić information content (AvgIpc) is 2.52. The number of rotatable bonds is 5. The summed E-state index contributed by atoms with van der Waals surface area (Å²) in [6.07, 6.45) is -7.08. The number of aliphatic hydroxyl groups excluding tert-OH is 4. The van der Waals surface area contributed by atoms with Gasteiger partial charge in [0.1, 0.15) is 24.4 Å². The molecular formula is C13H16NNaO8. The van der Waals surface area contributed by atoms with Gasteiger partial charge < -0.3 is 35.1 Å². The van der Waals surface area contributed by atoms with E-state index in [0.717, 1.165) is 0 Å². The SMILES string of the molecule is O=C([O-])c1cccc(NOC2O[C@H](CO)[C@@H](O)[C@H](O)[C@@H]2O)c1.[Na+]. The van der Waals surface area contributed by atoms with Gasteiger partial charge in [0.25, 0.3) is 0 Å². The van der Waals surface area contributed by atoms with E-state index in [-0.39, 0.29) is 40.8 Å². The summed E-state index contributed by atoms with van der Waals surface area (Å²) in [5, 5.41) is 48.7. The smallest absolute Gasteiger partial charge is 0.545 e. The summed E-state index contributed by atoms with van der Waals surface area (Å²) in [7, 11) is 0. The van der Waals surface area contributed by atoms with Crippen LogP contribution in [0, 0.1) is 0 Å². The molecule has 0 bridgehead atoms. The standard InChI is InChI=1S/C13H17NO8.Na/c15-5-8-9(16)10(17)11(18)13(21-8)22-14-7-3-1-2-6(4-7)12(19)20;/h1-4,8-11,13-18H,5H2,(H,19,20);/q;+1/p-1/t8-,9-,10+,11+,13?;/m1./s1. The van der Waals surface area contributed by atoms with Crippen LogP contribution in [0.3, 0.4) is 0 Å². The molecule has 10 heteroatoms. The van der Waals surface area contributed by atoms with Crippen LogP contribution in [0.5, 0.6) is 0 Å². The Morgan fingerprint density at radius 3 is 2.57 bits per heavy atom. The van der Waals surface area contributed by atoms with Gasteiger partial charge in [0.2, 0.25) is 6.29 Å². The Hall–Kier alpha value is -0.750. The molecule has 122 valence electrons. The van der Waals surface area contributed by atoms with Gasteiger partial charge in [0.15, 0.2) is 0 Å². The van der Waals surface area contributed by atoms with E-state index in [2.05, 4.69) is 5.48 Å². The van der Waals surface area contributed by atoms with Crippen LogP contribution < -0.4 is 40.1 Å². The van der Waals surface area contributed by atoms with Crippen molar-refractivity contribution in [3.05, 3.63) is 29.8 Å². The zero-order valence-electron chi connectivity index (χ0n) is 12.3. The first kappa shape index (κ1) is 20.3. The molecule has 5 N–H and O–H groups in total. The first-order chi connectivity index (χ1) is 10.4. The predicted molar refractivity (Wildman–Crippen MR) is 69.2 cm³/mol. The van der Waals surface area contributed by atoms with Gasteiger partial charge in [-0.1, -0.05) is 12.1 Å². The minimum absolute atomic E-state index is 0. The van der Waals surface area contributed by atoms with Crippen molar-refractivity contribution in [1.82, 2.24) is 0 Å². The fourth-order valence-electron chi connectivity index (χ4n) is 2.00. The van der Waals surface area contributed by atoms with Crippen LogP contribution in [0.15, 0.2) is 24.3 Å². The zero-order valence-corrected chi connectivity index (χ0v) is 14.3. The van der Waals surface area contributed by atoms with Crippen LogP contribution in [-0.4, -0.2) is 63.7 Å². The number of carboxylic acids is 1.